The number of hydrogen-bond donors (Lipinski definition) is 0. The van der Waals surface area contributed by atoms with Crippen LogP contribution < -0.4 is 4.74 Å². The normalized spacial score (nSPS) is 9.94. The van der Waals surface area contributed by atoms with E-state index >= 15 is 0 Å². The maximum atomic E-state index is 10.7. The van der Waals surface area contributed by atoms with Crippen molar-refractivity contribution in [1.82, 2.24) is 9.97 Å². The van der Waals surface area contributed by atoms with E-state index in [1.165, 1.54) is 13.2 Å². The summed E-state index contributed by atoms with van der Waals surface area (Å²) >= 11 is 0. The summed E-state index contributed by atoms with van der Waals surface area (Å²) < 4.78 is 4.90. The lowest BCUT2D eigenvalue weighted by molar-refractivity contribution is -0.386. The van der Waals surface area contributed by atoms with Crippen molar-refractivity contribution in [3.63, 3.8) is 0 Å². The number of nitrogens with zero attached hydrogens (tertiary/aromatic N) is 3. The van der Waals surface area contributed by atoms with Crippen LogP contribution in [0.1, 0.15) is 0 Å². The molecule has 0 radical (unpaired) electrons. The standard InChI is InChI=1S/C11H9N3O3/c1-17-11-10(14(15)16)3-2-9(13-11)8-4-6-12-7-5-8/h2-7H,1H3. The van der Waals surface area contributed by atoms with E-state index in [0.29, 0.717) is 5.69 Å². The Balaban J connectivity index is 2.49. The van der Waals surface area contributed by atoms with Gasteiger partial charge >= 0.3 is 5.69 Å². The Labute approximate surface area is 97.1 Å². The third-order valence-electron chi connectivity index (χ3n) is 2.21. The number of hydrogen-bond acceptors (Lipinski definition) is 5. The van der Waals surface area contributed by atoms with Crippen molar-refractivity contribution in [2.75, 3.05) is 7.11 Å². The molecule has 2 heterocycles. The summed E-state index contributed by atoms with van der Waals surface area (Å²) in [6.07, 6.45) is 3.26. The average Bonchev–Trinajstić information content (AvgIpc) is 2.39. The Bertz CT molecular complexity index is 543. The van der Waals surface area contributed by atoms with Crippen molar-refractivity contribution in [2.45, 2.75) is 0 Å². The van der Waals surface area contributed by atoms with Crippen LogP contribution >= 0.6 is 0 Å². The maximum Gasteiger partial charge on any atom is 0.330 e. The van der Waals surface area contributed by atoms with Crippen LogP contribution in [0.25, 0.3) is 11.3 Å². The van der Waals surface area contributed by atoms with Crippen molar-refractivity contribution < 1.29 is 9.66 Å². The summed E-state index contributed by atoms with van der Waals surface area (Å²) in [7, 11) is 1.35. The van der Waals surface area contributed by atoms with Crippen LogP contribution in [0, 0.1) is 10.1 Å². The number of rotatable bonds is 3. The first-order valence-electron chi connectivity index (χ1n) is 4.82. The van der Waals surface area contributed by atoms with Gasteiger partial charge in [0.25, 0.3) is 5.88 Å². The van der Waals surface area contributed by atoms with Gasteiger partial charge in [-0.15, -0.1) is 0 Å². The molecular formula is C11H9N3O3. The SMILES string of the molecule is COc1nc(-c2ccncc2)ccc1[N+](=O)[O-]. The third kappa shape index (κ3) is 2.20. The minimum absolute atomic E-state index is 0.00399. The molecule has 2 rings (SSSR count). The molecule has 0 amide bonds. The Hall–Kier alpha value is -2.50. The second-order valence-corrected chi connectivity index (χ2v) is 3.22. The van der Waals surface area contributed by atoms with E-state index in [9.17, 15) is 10.1 Å². The molecule has 0 spiro atoms. The lowest BCUT2D eigenvalue weighted by Gasteiger charge is -2.04. The van der Waals surface area contributed by atoms with Gasteiger partial charge in [-0.25, -0.2) is 4.98 Å². The summed E-state index contributed by atoms with van der Waals surface area (Å²) in [5.74, 6) is 0.00399. The van der Waals surface area contributed by atoms with Gasteiger partial charge in [-0.1, -0.05) is 0 Å². The van der Waals surface area contributed by atoms with Gasteiger partial charge in [0.05, 0.1) is 17.7 Å². The van der Waals surface area contributed by atoms with E-state index < -0.39 is 4.92 Å². The monoisotopic (exact) mass is 231 g/mol. The van der Waals surface area contributed by atoms with Crippen molar-refractivity contribution in [3.8, 4) is 17.1 Å². The van der Waals surface area contributed by atoms with E-state index in [2.05, 4.69) is 9.97 Å². The van der Waals surface area contributed by atoms with Crippen molar-refractivity contribution in [3.05, 3.63) is 46.8 Å². The zero-order valence-electron chi connectivity index (χ0n) is 9.03. The molecule has 0 saturated carbocycles. The van der Waals surface area contributed by atoms with Crippen LogP contribution in [-0.4, -0.2) is 22.0 Å². The third-order valence-corrected chi connectivity index (χ3v) is 2.21. The molecule has 6 nitrogen and oxygen atoms in total. The van der Waals surface area contributed by atoms with Gasteiger partial charge in [-0.3, -0.25) is 15.1 Å². The zero-order chi connectivity index (χ0) is 12.3. The fourth-order valence-electron chi connectivity index (χ4n) is 1.41. The van der Waals surface area contributed by atoms with Crippen molar-refractivity contribution in [1.29, 1.82) is 0 Å². The molecule has 0 aliphatic rings. The molecule has 0 aliphatic carbocycles. The van der Waals surface area contributed by atoms with Gasteiger partial charge < -0.3 is 4.74 Å². The summed E-state index contributed by atoms with van der Waals surface area (Å²) in [4.78, 5) is 18.2. The molecule has 0 fully saturated rings. The van der Waals surface area contributed by atoms with E-state index in [1.54, 1.807) is 30.6 Å². The topological polar surface area (TPSA) is 78.2 Å². The molecular weight excluding hydrogens is 222 g/mol. The van der Waals surface area contributed by atoms with Crippen LogP contribution in [0.5, 0.6) is 5.88 Å². The van der Waals surface area contributed by atoms with Crippen LogP contribution in [0.15, 0.2) is 36.7 Å². The highest BCUT2D eigenvalue weighted by atomic mass is 16.6. The van der Waals surface area contributed by atoms with Gasteiger partial charge in [0.15, 0.2) is 0 Å². The second kappa shape index (κ2) is 4.56. The van der Waals surface area contributed by atoms with Gasteiger partial charge in [0, 0.05) is 24.0 Å². The molecule has 6 heteroatoms. The smallest absolute Gasteiger partial charge is 0.330 e. The first-order chi connectivity index (χ1) is 8.22. The highest BCUT2D eigenvalue weighted by Gasteiger charge is 2.16. The van der Waals surface area contributed by atoms with Gasteiger partial charge in [0.2, 0.25) is 0 Å². The second-order valence-electron chi connectivity index (χ2n) is 3.22. The molecule has 0 saturated heterocycles. The molecule has 2 aromatic rings. The molecule has 2 aromatic heterocycles. The van der Waals surface area contributed by atoms with Crippen molar-refractivity contribution in [2.24, 2.45) is 0 Å². The fraction of sp³-hybridized carbons (Fsp3) is 0.0909. The number of aromatic nitrogens is 2. The minimum atomic E-state index is -0.526. The van der Waals surface area contributed by atoms with Gasteiger partial charge in [-0.2, -0.15) is 0 Å². The largest absolute Gasteiger partial charge is 0.476 e. The average molecular weight is 231 g/mol. The predicted molar refractivity (Wildman–Crippen MR) is 60.7 cm³/mol. The summed E-state index contributed by atoms with van der Waals surface area (Å²) in [6.45, 7) is 0. The zero-order valence-corrected chi connectivity index (χ0v) is 9.03. The minimum Gasteiger partial charge on any atom is -0.476 e. The Morgan fingerprint density at radius 2 is 1.94 bits per heavy atom. The first kappa shape index (κ1) is 11.0. The lowest BCUT2D eigenvalue weighted by Crippen LogP contribution is -1.97. The first-order valence-corrected chi connectivity index (χ1v) is 4.82. The van der Waals surface area contributed by atoms with E-state index in [0.717, 1.165) is 5.56 Å². The number of ether oxygens (including phenoxy) is 1. The fourth-order valence-corrected chi connectivity index (χ4v) is 1.41. The molecule has 0 atom stereocenters. The van der Waals surface area contributed by atoms with Gasteiger partial charge in [0.1, 0.15) is 0 Å². The summed E-state index contributed by atoms with van der Waals surface area (Å²) in [5, 5.41) is 10.7. The molecule has 17 heavy (non-hydrogen) atoms. The molecule has 0 N–H and O–H groups in total. The summed E-state index contributed by atoms with van der Waals surface area (Å²) in [5.41, 5.74) is 1.29. The van der Waals surface area contributed by atoms with E-state index in [-0.39, 0.29) is 11.6 Å². The molecule has 86 valence electrons. The van der Waals surface area contributed by atoms with Crippen LogP contribution in [0.4, 0.5) is 5.69 Å². The molecule has 0 bridgehead atoms. The maximum absolute atomic E-state index is 10.7. The van der Waals surface area contributed by atoms with E-state index in [4.69, 9.17) is 4.74 Å². The Morgan fingerprint density at radius 1 is 1.24 bits per heavy atom. The Morgan fingerprint density at radius 3 is 2.53 bits per heavy atom. The number of methoxy groups -OCH3 is 1. The van der Waals surface area contributed by atoms with Crippen LogP contribution in [0.3, 0.4) is 0 Å². The van der Waals surface area contributed by atoms with Crippen LogP contribution in [0.2, 0.25) is 0 Å². The predicted octanol–water partition coefficient (Wildman–Crippen LogP) is 2.06. The Kier molecular flexibility index (Phi) is 2.95. The number of nitro groups is 1. The quantitative estimate of drug-likeness (QED) is 0.596. The van der Waals surface area contributed by atoms with Gasteiger partial charge in [-0.05, 0) is 18.2 Å². The lowest BCUT2D eigenvalue weighted by atomic mass is 10.2. The highest BCUT2D eigenvalue weighted by Crippen LogP contribution is 2.27. The van der Waals surface area contributed by atoms with E-state index in [1.807, 2.05) is 0 Å². The number of pyridine rings is 2. The highest BCUT2D eigenvalue weighted by molar-refractivity contribution is 5.61. The van der Waals surface area contributed by atoms with Crippen molar-refractivity contribution >= 4 is 5.69 Å². The molecule has 0 aliphatic heterocycles. The van der Waals surface area contributed by atoms with Crippen LogP contribution in [-0.2, 0) is 0 Å². The summed E-state index contributed by atoms with van der Waals surface area (Å²) in [6, 6.07) is 6.50. The molecule has 0 aromatic carbocycles. The molecule has 0 unspecified atom stereocenters.